The molecule has 0 saturated carbocycles. The van der Waals surface area contributed by atoms with Gasteiger partial charge >= 0.3 is 6.18 Å². The lowest BCUT2D eigenvalue weighted by atomic mass is 10.1. The van der Waals surface area contributed by atoms with Crippen LogP contribution in [0.5, 0.6) is 0 Å². The van der Waals surface area contributed by atoms with Crippen LogP contribution in [0.1, 0.15) is 28.4 Å². The number of alkyl halides is 3. The van der Waals surface area contributed by atoms with Crippen LogP contribution in [0.3, 0.4) is 0 Å². The molecule has 1 aromatic heterocycles. The number of aromatic nitrogens is 2. The summed E-state index contributed by atoms with van der Waals surface area (Å²) in [4.78, 5) is 4.30. The lowest BCUT2D eigenvalue weighted by molar-refractivity contribution is -0.137. The van der Waals surface area contributed by atoms with Gasteiger partial charge in [-0.2, -0.15) is 13.2 Å². The van der Waals surface area contributed by atoms with Gasteiger partial charge in [-0.25, -0.2) is 4.98 Å². The van der Waals surface area contributed by atoms with Crippen LogP contribution in [0.4, 0.5) is 13.2 Å². The standard InChI is InChI=1S/C18H17F3N2O/c1-11-6-15-16(7-12(11)2)23(10-22-15)9-17(24)13-4-3-5-14(8-13)18(19,20)21/h3-8,10,17,24H,9H2,1-2H3. The topological polar surface area (TPSA) is 38.0 Å². The highest BCUT2D eigenvalue weighted by molar-refractivity contribution is 5.77. The zero-order valence-electron chi connectivity index (χ0n) is 13.3. The Morgan fingerprint density at radius 1 is 1.12 bits per heavy atom. The highest BCUT2D eigenvalue weighted by Crippen LogP contribution is 2.31. The molecular weight excluding hydrogens is 317 g/mol. The van der Waals surface area contributed by atoms with Crippen molar-refractivity contribution in [3.63, 3.8) is 0 Å². The van der Waals surface area contributed by atoms with Crippen LogP contribution >= 0.6 is 0 Å². The second-order valence-electron chi connectivity index (χ2n) is 5.96. The lowest BCUT2D eigenvalue weighted by Crippen LogP contribution is -2.10. The van der Waals surface area contributed by atoms with E-state index in [-0.39, 0.29) is 12.1 Å². The molecule has 24 heavy (non-hydrogen) atoms. The summed E-state index contributed by atoms with van der Waals surface area (Å²) in [5, 5.41) is 10.3. The molecule has 126 valence electrons. The van der Waals surface area contributed by atoms with Gasteiger partial charge in [-0.15, -0.1) is 0 Å². The van der Waals surface area contributed by atoms with Crippen LogP contribution in [0.15, 0.2) is 42.7 Å². The normalized spacial score (nSPS) is 13.4. The minimum atomic E-state index is -4.42. The summed E-state index contributed by atoms with van der Waals surface area (Å²) in [6.07, 6.45) is -3.88. The van der Waals surface area contributed by atoms with Crippen molar-refractivity contribution in [3.8, 4) is 0 Å². The van der Waals surface area contributed by atoms with E-state index in [1.807, 2.05) is 26.0 Å². The number of aliphatic hydroxyl groups excluding tert-OH is 1. The van der Waals surface area contributed by atoms with Gasteiger partial charge in [0.1, 0.15) is 0 Å². The van der Waals surface area contributed by atoms with Crippen molar-refractivity contribution in [1.82, 2.24) is 9.55 Å². The average molecular weight is 334 g/mol. The number of hydrogen-bond acceptors (Lipinski definition) is 2. The molecule has 6 heteroatoms. The molecule has 1 atom stereocenters. The predicted octanol–water partition coefficient (Wildman–Crippen LogP) is 4.41. The molecule has 0 fully saturated rings. The number of halogens is 3. The van der Waals surface area contributed by atoms with Crippen molar-refractivity contribution in [1.29, 1.82) is 0 Å². The Hall–Kier alpha value is -2.34. The van der Waals surface area contributed by atoms with E-state index in [2.05, 4.69) is 4.98 Å². The fourth-order valence-electron chi connectivity index (χ4n) is 2.67. The second-order valence-corrected chi connectivity index (χ2v) is 5.96. The lowest BCUT2D eigenvalue weighted by Gasteiger charge is -2.15. The Morgan fingerprint density at radius 3 is 2.54 bits per heavy atom. The van der Waals surface area contributed by atoms with E-state index in [4.69, 9.17) is 0 Å². The van der Waals surface area contributed by atoms with Gasteiger partial charge in [0.2, 0.25) is 0 Å². The minimum absolute atomic E-state index is 0.139. The van der Waals surface area contributed by atoms with Crippen LogP contribution in [-0.2, 0) is 12.7 Å². The maximum Gasteiger partial charge on any atom is 0.416 e. The molecule has 0 aliphatic heterocycles. The Kier molecular flexibility index (Phi) is 4.09. The predicted molar refractivity (Wildman–Crippen MR) is 85.6 cm³/mol. The first kappa shape index (κ1) is 16.5. The first-order chi connectivity index (χ1) is 11.3. The van der Waals surface area contributed by atoms with Crippen molar-refractivity contribution < 1.29 is 18.3 Å². The largest absolute Gasteiger partial charge is 0.416 e. The summed E-state index contributed by atoms with van der Waals surface area (Å²) >= 11 is 0. The molecule has 3 nitrogen and oxygen atoms in total. The van der Waals surface area contributed by atoms with Crippen molar-refractivity contribution in [2.75, 3.05) is 0 Å². The maximum atomic E-state index is 12.8. The van der Waals surface area contributed by atoms with Crippen LogP contribution in [0.25, 0.3) is 11.0 Å². The molecule has 0 aliphatic carbocycles. The van der Waals surface area contributed by atoms with Crippen LogP contribution < -0.4 is 0 Å². The molecule has 0 saturated heterocycles. The molecule has 2 aromatic carbocycles. The van der Waals surface area contributed by atoms with Gasteiger partial charge in [0.05, 0.1) is 35.6 Å². The number of aryl methyl sites for hydroxylation is 2. The van der Waals surface area contributed by atoms with Crippen LogP contribution in [0.2, 0.25) is 0 Å². The van der Waals surface area contributed by atoms with Gasteiger partial charge in [0.25, 0.3) is 0 Å². The second kappa shape index (κ2) is 5.94. The van der Waals surface area contributed by atoms with E-state index in [1.165, 1.54) is 12.1 Å². The monoisotopic (exact) mass is 334 g/mol. The summed E-state index contributed by atoms with van der Waals surface area (Å²) in [7, 11) is 0. The molecule has 0 bridgehead atoms. The van der Waals surface area contributed by atoms with Gasteiger partial charge in [0, 0.05) is 0 Å². The molecule has 1 N–H and O–H groups in total. The summed E-state index contributed by atoms with van der Waals surface area (Å²) in [5.41, 5.74) is 3.33. The van der Waals surface area contributed by atoms with Gasteiger partial charge in [-0.1, -0.05) is 12.1 Å². The average Bonchev–Trinajstić information content (AvgIpc) is 2.89. The van der Waals surface area contributed by atoms with Gasteiger partial charge in [-0.3, -0.25) is 0 Å². The molecule has 3 aromatic rings. The first-order valence-electron chi connectivity index (χ1n) is 7.53. The number of aliphatic hydroxyl groups is 1. The van der Waals surface area contributed by atoms with E-state index in [0.29, 0.717) is 0 Å². The fourth-order valence-corrected chi connectivity index (χ4v) is 2.67. The molecule has 3 rings (SSSR count). The number of rotatable bonds is 3. The third-order valence-corrected chi connectivity index (χ3v) is 4.20. The minimum Gasteiger partial charge on any atom is -0.387 e. The van der Waals surface area contributed by atoms with Crippen LogP contribution in [-0.4, -0.2) is 14.7 Å². The number of nitrogens with zero attached hydrogens (tertiary/aromatic N) is 2. The van der Waals surface area contributed by atoms with Gasteiger partial charge in [-0.05, 0) is 54.8 Å². The maximum absolute atomic E-state index is 12.8. The molecule has 0 radical (unpaired) electrons. The Balaban J connectivity index is 1.90. The summed E-state index contributed by atoms with van der Waals surface area (Å²) in [6, 6.07) is 8.71. The van der Waals surface area contributed by atoms with E-state index >= 15 is 0 Å². The Labute approximate surface area is 137 Å². The van der Waals surface area contributed by atoms with Crippen molar-refractivity contribution in [2.24, 2.45) is 0 Å². The number of hydrogen-bond donors (Lipinski definition) is 1. The Morgan fingerprint density at radius 2 is 1.83 bits per heavy atom. The molecule has 1 heterocycles. The van der Waals surface area contributed by atoms with Gasteiger partial charge in [0.15, 0.2) is 0 Å². The summed E-state index contributed by atoms with van der Waals surface area (Å²) < 4.78 is 40.2. The fraction of sp³-hybridized carbons (Fsp3) is 0.278. The number of fused-ring (bicyclic) bond motifs is 1. The number of imidazole rings is 1. The van der Waals surface area contributed by atoms with Crippen molar-refractivity contribution in [2.45, 2.75) is 32.7 Å². The van der Waals surface area contributed by atoms with E-state index in [0.717, 1.165) is 34.3 Å². The number of benzene rings is 2. The SMILES string of the molecule is Cc1cc2ncn(CC(O)c3cccc(C(F)(F)F)c3)c2cc1C. The Bertz CT molecular complexity index is 884. The zero-order chi connectivity index (χ0) is 17.5. The van der Waals surface area contributed by atoms with Crippen molar-refractivity contribution in [3.05, 3.63) is 65.0 Å². The molecule has 0 aliphatic rings. The summed E-state index contributed by atoms with van der Waals surface area (Å²) in [5.74, 6) is 0. The summed E-state index contributed by atoms with van der Waals surface area (Å²) in [6.45, 7) is 4.11. The molecule has 0 amide bonds. The quantitative estimate of drug-likeness (QED) is 0.771. The van der Waals surface area contributed by atoms with Crippen molar-refractivity contribution >= 4 is 11.0 Å². The van der Waals surface area contributed by atoms with E-state index in [1.54, 1.807) is 10.9 Å². The van der Waals surface area contributed by atoms with Crippen LogP contribution in [0, 0.1) is 13.8 Å². The molecule has 1 unspecified atom stereocenters. The zero-order valence-corrected chi connectivity index (χ0v) is 13.3. The molecular formula is C18H17F3N2O. The smallest absolute Gasteiger partial charge is 0.387 e. The van der Waals surface area contributed by atoms with E-state index < -0.39 is 17.8 Å². The highest BCUT2D eigenvalue weighted by Gasteiger charge is 2.30. The van der Waals surface area contributed by atoms with Gasteiger partial charge < -0.3 is 9.67 Å². The third-order valence-electron chi connectivity index (χ3n) is 4.20. The highest BCUT2D eigenvalue weighted by atomic mass is 19.4. The molecule has 0 spiro atoms. The first-order valence-corrected chi connectivity index (χ1v) is 7.53. The van der Waals surface area contributed by atoms with E-state index in [9.17, 15) is 18.3 Å². The third kappa shape index (κ3) is 3.14.